The Kier molecular flexibility index (Phi) is 4.72. The summed E-state index contributed by atoms with van der Waals surface area (Å²) in [7, 11) is 1.45. The first-order valence-electron chi connectivity index (χ1n) is 8.19. The molecule has 0 unspecified atom stereocenters. The summed E-state index contributed by atoms with van der Waals surface area (Å²) in [6.45, 7) is -0.104. The lowest BCUT2D eigenvalue weighted by atomic mass is 9.75. The van der Waals surface area contributed by atoms with Crippen LogP contribution in [-0.4, -0.2) is 34.9 Å². The number of ether oxygens (including phenoxy) is 1. The first-order valence-corrected chi connectivity index (χ1v) is 8.19. The molecule has 1 aromatic carbocycles. The van der Waals surface area contributed by atoms with Crippen molar-refractivity contribution in [2.45, 2.75) is 31.1 Å². The van der Waals surface area contributed by atoms with Gasteiger partial charge in [0.25, 0.3) is 0 Å². The normalized spacial score (nSPS) is 16.0. The van der Waals surface area contributed by atoms with Crippen LogP contribution in [0.3, 0.4) is 0 Å². The number of aromatic nitrogens is 1. The Hall–Kier alpha value is -2.47. The van der Waals surface area contributed by atoms with Gasteiger partial charge in [-0.1, -0.05) is 18.9 Å². The fourth-order valence-electron chi connectivity index (χ4n) is 3.65. The van der Waals surface area contributed by atoms with Crippen LogP contribution in [0.2, 0.25) is 0 Å². The molecule has 5 nitrogen and oxygen atoms in total. The highest BCUT2D eigenvalue weighted by Crippen LogP contribution is 2.45. The number of carbonyl (C=O) groups is 1. The summed E-state index contributed by atoms with van der Waals surface area (Å²) in [5.74, 6) is -1.29. The zero-order valence-electron chi connectivity index (χ0n) is 14.0. The highest BCUT2D eigenvalue weighted by Gasteiger charge is 2.37. The van der Waals surface area contributed by atoms with Gasteiger partial charge in [0.15, 0.2) is 0 Å². The molecule has 132 valence electrons. The Labute approximate surface area is 145 Å². The maximum absolute atomic E-state index is 14.4. The second-order valence-corrected chi connectivity index (χ2v) is 6.42. The van der Waals surface area contributed by atoms with Crippen molar-refractivity contribution in [3.8, 4) is 17.0 Å². The Bertz CT molecular complexity index is 800. The van der Waals surface area contributed by atoms with Crippen molar-refractivity contribution in [1.82, 2.24) is 4.98 Å². The van der Waals surface area contributed by atoms with E-state index in [0.29, 0.717) is 16.7 Å². The Morgan fingerprint density at radius 1 is 1.28 bits per heavy atom. The summed E-state index contributed by atoms with van der Waals surface area (Å²) in [6.07, 6.45) is 4.45. The van der Waals surface area contributed by atoms with Gasteiger partial charge in [-0.2, -0.15) is 0 Å². The zero-order chi connectivity index (χ0) is 18.0. The molecule has 6 heteroatoms. The lowest BCUT2D eigenvalue weighted by molar-refractivity contribution is 0.0696. The lowest BCUT2D eigenvalue weighted by Gasteiger charge is -2.30. The van der Waals surface area contributed by atoms with E-state index in [-0.39, 0.29) is 18.1 Å². The van der Waals surface area contributed by atoms with Crippen molar-refractivity contribution in [2.75, 3.05) is 13.7 Å². The van der Waals surface area contributed by atoms with Crippen molar-refractivity contribution in [3.63, 3.8) is 0 Å². The number of aliphatic hydroxyl groups excluding tert-OH is 1. The molecule has 0 radical (unpaired) electrons. The number of carboxylic acid groups (broad SMARTS) is 1. The Morgan fingerprint density at radius 2 is 2.00 bits per heavy atom. The van der Waals surface area contributed by atoms with Crippen LogP contribution in [-0.2, 0) is 5.41 Å². The van der Waals surface area contributed by atoms with Gasteiger partial charge in [-0.25, -0.2) is 14.2 Å². The minimum atomic E-state index is -1.05. The topological polar surface area (TPSA) is 79.7 Å². The molecule has 0 aliphatic heterocycles. The van der Waals surface area contributed by atoms with Crippen molar-refractivity contribution in [1.29, 1.82) is 0 Å². The number of hydrogen-bond acceptors (Lipinski definition) is 4. The number of halogens is 1. The van der Waals surface area contributed by atoms with Gasteiger partial charge in [-0.3, -0.25) is 0 Å². The van der Waals surface area contributed by atoms with E-state index < -0.39 is 17.2 Å². The molecule has 1 aliphatic rings. The maximum Gasteiger partial charge on any atom is 0.335 e. The summed E-state index contributed by atoms with van der Waals surface area (Å²) in [6, 6.07) is 6.11. The number of hydrogen-bond donors (Lipinski definition) is 2. The number of aromatic carboxylic acids is 1. The monoisotopic (exact) mass is 345 g/mol. The fourth-order valence-corrected chi connectivity index (χ4v) is 3.65. The molecule has 2 aromatic rings. The molecule has 1 fully saturated rings. The summed E-state index contributed by atoms with van der Waals surface area (Å²) in [5, 5.41) is 19.4. The van der Waals surface area contributed by atoms with E-state index in [0.717, 1.165) is 31.9 Å². The van der Waals surface area contributed by atoms with Crippen molar-refractivity contribution in [3.05, 3.63) is 47.4 Å². The van der Waals surface area contributed by atoms with Crippen LogP contribution >= 0.6 is 0 Å². The predicted octanol–water partition coefficient (Wildman–Crippen LogP) is 3.40. The summed E-state index contributed by atoms with van der Waals surface area (Å²) in [5.41, 5.74) is 1.10. The molecular formula is C19H20FNO4. The van der Waals surface area contributed by atoms with Gasteiger partial charge in [-0.05, 0) is 36.1 Å². The minimum absolute atomic E-state index is 0.104. The third-order valence-corrected chi connectivity index (χ3v) is 5.03. The molecule has 2 N–H and O–H groups in total. The van der Waals surface area contributed by atoms with Crippen molar-refractivity contribution >= 4 is 5.97 Å². The SMILES string of the molecule is COc1cc(-c2ccc(C(=O)O)cc2C2(CO)CCCC2)c(F)cn1. The molecule has 0 spiro atoms. The highest BCUT2D eigenvalue weighted by atomic mass is 19.1. The van der Waals surface area contributed by atoms with Gasteiger partial charge in [-0.15, -0.1) is 0 Å². The molecule has 0 bridgehead atoms. The van der Waals surface area contributed by atoms with E-state index in [9.17, 15) is 19.4 Å². The van der Waals surface area contributed by atoms with E-state index >= 15 is 0 Å². The number of carboxylic acids is 1. The van der Waals surface area contributed by atoms with Gasteiger partial charge in [0.05, 0.1) is 25.5 Å². The molecule has 25 heavy (non-hydrogen) atoms. The van der Waals surface area contributed by atoms with Crippen LogP contribution in [0.25, 0.3) is 11.1 Å². The molecular weight excluding hydrogens is 325 g/mol. The maximum atomic E-state index is 14.4. The van der Waals surface area contributed by atoms with Crippen LogP contribution in [0.15, 0.2) is 30.5 Å². The Balaban J connectivity index is 2.25. The van der Waals surface area contributed by atoms with E-state index in [1.807, 2.05) is 0 Å². The third-order valence-electron chi connectivity index (χ3n) is 5.03. The largest absolute Gasteiger partial charge is 0.481 e. The number of methoxy groups -OCH3 is 1. The van der Waals surface area contributed by atoms with Crippen LogP contribution in [0.4, 0.5) is 4.39 Å². The fraction of sp³-hybridized carbons (Fsp3) is 0.368. The number of benzene rings is 1. The van der Waals surface area contributed by atoms with E-state index in [2.05, 4.69) is 4.98 Å². The predicted molar refractivity (Wildman–Crippen MR) is 90.4 cm³/mol. The van der Waals surface area contributed by atoms with E-state index in [1.165, 1.54) is 19.2 Å². The van der Waals surface area contributed by atoms with Gasteiger partial charge in [0.1, 0.15) is 5.82 Å². The van der Waals surface area contributed by atoms with Crippen molar-refractivity contribution < 1.29 is 24.1 Å². The molecule has 1 heterocycles. The number of aliphatic hydroxyl groups is 1. The average Bonchev–Trinajstić information content (AvgIpc) is 3.12. The molecule has 0 amide bonds. The lowest BCUT2D eigenvalue weighted by Crippen LogP contribution is -2.28. The molecule has 0 saturated heterocycles. The number of pyridine rings is 1. The smallest absolute Gasteiger partial charge is 0.335 e. The average molecular weight is 345 g/mol. The second kappa shape index (κ2) is 6.80. The van der Waals surface area contributed by atoms with Crippen LogP contribution in [0, 0.1) is 5.82 Å². The van der Waals surface area contributed by atoms with Crippen LogP contribution in [0.1, 0.15) is 41.6 Å². The van der Waals surface area contributed by atoms with Gasteiger partial charge < -0.3 is 14.9 Å². The highest BCUT2D eigenvalue weighted by molar-refractivity contribution is 5.89. The Morgan fingerprint density at radius 3 is 2.60 bits per heavy atom. The van der Waals surface area contributed by atoms with Crippen LogP contribution in [0.5, 0.6) is 5.88 Å². The van der Waals surface area contributed by atoms with Crippen molar-refractivity contribution in [2.24, 2.45) is 0 Å². The zero-order valence-corrected chi connectivity index (χ0v) is 14.0. The third kappa shape index (κ3) is 3.09. The molecule has 0 atom stereocenters. The van der Waals surface area contributed by atoms with Gasteiger partial charge in [0, 0.05) is 17.0 Å². The van der Waals surface area contributed by atoms with Gasteiger partial charge >= 0.3 is 5.97 Å². The molecule has 1 saturated carbocycles. The van der Waals surface area contributed by atoms with E-state index in [4.69, 9.17) is 4.74 Å². The summed E-state index contributed by atoms with van der Waals surface area (Å²) >= 11 is 0. The molecule has 1 aliphatic carbocycles. The first-order chi connectivity index (χ1) is 12.0. The molecule has 1 aromatic heterocycles. The quantitative estimate of drug-likeness (QED) is 0.868. The second-order valence-electron chi connectivity index (χ2n) is 6.42. The molecule has 3 rings (SSSR count). The summed E-state index contributed by atoms with van der Waals surface area (Å²) < 4.78 is 19.5. The van der Waals surface area contributed by atoms with E-state index in [1.54, 1.807) is 12.1 Å². The standard InChI is InChI=1S/C19H20FNO4/c1-25-17-9-14(16(20)10-21-17)13-5-4-12(18(23)24)8-15(13)19(11-22)6-2-3-7-19/h4-5,8-10,22H,2-3,6-7,11H2,1H3,(H,23,24). The minimum Gasteiger partial charge on any atom is -0.481 e. The summed E-state index contributed by atoms with van der Waals surface area (Å²) in [4.78, 5) is 15.3. The van der Waals surface area contributed by atoms with Crippen LogP contribution < -0.4 is 4.74 Å². The number of rotatable bonds is 5. The van der Waals surface area contributed by atoms with Gasteiger partial charge in [0.2, 0.25) is 5.88 Å². The first kappa shape index (κ1) is 17.4. The number of nitrogens with zero attached hydrogens (tertiary/aromatic N) is 1.